The predicted molar refractivity (Wildman–Crippen MR) is 102 cm³/mol. The lowest BCUT2D eigenvalue weighted by atomic mass is 10.2. The van der Waals surface area contributed by atoms with Gasteiger partial charge in [-0.25, -0.2) is 13.2 Å². The summed E-state index contributed by atoms with van der Waals surface area (Å²) in [6, 6.07) is 9.36. The molecule has 0 aliphatic heterocycles. The molecule has 0 fully saturated rings. The zero-order chi connectivity index (χ0) is 20.4. The Labute approximate surface area is 166 Å². The SMILES string of the molecule is O=C/C(CCl)=C(\C/C=C\NCc1cccc(F)c1)OCc1ccc(F)cc1F. The van der Waals surface area contributed by atoms with Gasteiger partial charge in [-0.2, -0.15) is 0 Å². The maximum Gasteiger partial charge on any atom is 0.150 e. The molecule has 0 atom stereocenters. The van der Waals surface area contributed by atoms with Crippen molar-refractivity contribution in [2.45, 2.75) is 19.6 Å². The minimum Gasteiger partial charge on any atom is -0.492 e. The summed E-state index contributed by atoms with van der Waals surface area (Å²) < 4.78 is 45.4. The quantitative estimate of drug-likeness (QED) is 0.259. The normalized spacial score (nSPS) is 12.0. The van der Waals surface area contributed by atoms with E-state index in [0.29, 0.717) is 12.8 Å². The highest BCUT2D eigenvalue weighted by Gasteiger charge is 2.09. The predicted octanol–water partition coefficient (Wildman–Crippen LogP) is 5.01. The molecule has 0 aromatic heterocycles. The monoisotopic (exact) mass is 409 g/mol. The average molecular weight is 410 g/mol. The van der Waals surface area contributed by atoms with Crippen LogP contribution in [0.15, 0.2) is 66.1 Å². The number of aldehydes is 1. The third-order valence-electron chi connectivity index (χ3n) is 3.80. The number of hydrogen-bond acceptors (Lipinski definition) is 3. The summed E-state index contributed by atoms with van der Waals surface area (Å²) in [5, 5.41) is 3.00. The molecule has 0 aliphatic carbocycles. The van der Waals surface area contributed by atoms with Crippen LogP contribution < -0.4 is 5.32 Å². The number of benzene rings is 2. The summed E-state index contributed by atoms with van der Waals surface area (Å²) in [5.74, 6) is -1.50. The number of nitrogens with one attached hydrogen (secondary N) is 1. The standard InChI is InChI=1S/C21H19ClF3NO2/c22-11-17(13-27)21(28-14-16-6-7-19(24)10-20(16)25)5-2-8-26-12-15-3-1-4-18(23)9-15/h1-4,6-10,13,26H,5,11-12,14H2/b8-2-,21-17+. The molecule has 0 unspecified atom stereocenters. The fourth-order valence-corrected chi connectivity index (χ4v) is 2.54. The van der Waals surface area contributed by atoms with E-state index in [9.17, 15) is 18.0 Å². The lowest BCUT2D eigenvalue weighted by molar-refractivity contribution is -0.105. The summed E-state index contributed by atoms with van der Waals surface area (Å²) >= 11 is 5.76. The van der Waals surface area contributed by atoms with E-state index in [1.54, 1.807) is 24.4 Å². The van der Waals surface area contributed by atoms with Gasteiger partial charge >= 0.3 is 0 Å². The largest absolute Gasteiger partial charge is 0.492 e. The van der Waals surface area contributed by atoms with Gasteiger partial charge in [0.1, 0.15) is 29.8 Å². The Balaban J connectivity index is 1.95. The molecule has 0 radical (unpaired) electrons. The molecule has 0 bridgehead atoms. The number of halogens is 4. The van der Waals surface area contributed by atoms with Crippen LogP contribution >= 0.6 is 11.6 Å². The van der Waals surface area contributed by atoms with Gasteiger partial charge in [-0.05, 0) is 36.0 Å². The molecule has 0 saturated carbocycles. The average Bonchev–Trinajstić information content (AvgIpc) is 2.67. The summed E-state index contributed by atoms with van der Waals surface area (Å²) in [6.07, 6.45) is 4.16. The van der Waals surface area contributed by atoms with E-state index in [1.165, 1.54) is 18.2 Å². The molecular formula is C21H19ClF3NO2. The number of carbonyl (C=O) groups excluding carboxylic acids is 1. The number of hydrogen-bond donors (Lipinski definition) is 1. The van der Waals surface area contributed by atoms with Crippen molar-refractivity contribution in [3.63, 3.8) is 0 Å². The van der Waals surface area contributed by atoms with Crippen LogP contribution in [0.3, 0.4) is 0 Å². The van der Waals surface area contributed by atoms with E-state index >= 15 is 0 Å². The fourth-order valence-electron chi connectivity index (χ4n) is 2.33. The molecule has 0 saturated heterocycles. The Kier molecular flexibility index (Phi) is 8.62. The Bertz CT molecular complexity index is 868. The molecule has 1 N–H and O–H groups in total. The van der Waals surface area contributed by atoms with Crippen molar-refractivity contribution in [1.29, 1.82) is 0 Å². The molecule has 148 valence electrons. The maximum atomic E-state index is 13.7. The lowest BCUT2D eigenvalue weighted by Gasteiger charge is -2.12. The smallest absolute Gasteiger partial charge is 0.150 e. The van der Waals surface area contributed by atoms with E-state index in [4.69, 9.17) is 16.3 Å². The second-order valence-electron chi connectivity index (χ2n) is 5.84. The van der Waals surface area contributed by atoms with Gasteiger partial charge < -0.3 is 10.1 Å². The number of carbonyl (C=O) groups is 1. The van der Waals surface area contributed by atoms with Crippen molar-refractivity contribution in [3.8, 4) is 0 Å². The highest BCUT2D eigenvalue weighted by atomic mass is 35.5. The van der Waals surface area contributed by atoms with Crippen LogP contribution in [-0.4, -0.2) is 12.2 Å². The first-order valence-corrected chi connectivity index (χ1v) is 8.99. The van der Waals surface area contributed by atoms with E-state index in [0.717, 1.165) is 17.7 Å². The zero-order valence-corrected chi connectivity index (χ0v) is 15.7. The van der Waals surface area contributed by atoms with Crippen LogP contribution in [-0.2, 0) is 22.7 Å². The summed E-state index contributed by atoms with van der Waals surface area (Å²) in [6.45, 7) is 0.255. The molecule has 0 aliphatic rings. The molecule has 0 spiro atoms. The minimum atomic E-state index is -0.731. The van der Waals surface area contributed by atoms with Crippen LogP contribution in [0.25, 0.3) is 0 Å². The number of allylic oxidation sites excluding steroid dienone is 2. The van der Waals surface area contributed by atoms with E-state index in [-0.39, 0.29) is 41.6 Å². The van der Waals surface area contributed by atoms with Crippen LogP contribution in [0, 0.1) is 17.5 Å². The molecule has 0 amide bonds. The second kappa shape index (κ2) is 11.2. The Hall–Kier alpha value is -2.73. The van der Waals surface area contributed by atoms with Crippen molar-refractivity contribution in [2.75, 3.05) is 5.88 Å². The molecule has 7 heteroatoms. The van der Waals surface area contributed by atoms with Crippen molar-refractivity contribution in [3.05, 3.63) is 94.7 Å². The highest BCUT2D eigenvalue weighted by Crippen LogP contribution is 2.17. The highest BCUT2D eigenvalue weighted by molar-refractivity contribution is 6.21. The maximum absolute atomic E-state index is 13.7. The Morgan fingerprint density at radius 3 is 2.57 bits per heavy atom. The summed E-state index contributed by atoms with van der Waals surface area (Å²) in [5.41, 5.74) is 1.17. The first-order chi connectivity index (χ1) is 13.5. The van der Waals surface area contributed by atoms with E-state index in [2.05, 4.69) is 5.32 Å². The molecule has 2 rings (SSSR count). The third kappa shape index (κ3) is 6.78. The zero-order valence-electron chi connectivity index (χ0n) is 14.9. The van der Waals surface area contributed by atoms with Gasteiger partial charge in [-0.15, -0.1) is 11.6 Å². The van der Waals surface area contributed by atoms with Crippen LogP contribution in [0.1, 0.15) is 17.5 Å². The third-order valence-corrected chi connectivity index (χ3v) is 4.08. The van der Waals surface area contributed by atoms with Gasteiger partial charge in [-0.3, -0.25) is 4.79 Å². The van der Waals surface area contributed by atoms with Crippen molar-refractivity contribution in [2.24, 2.45) is 0 Å². The first kappa shape index (κ1) is 21.6. The topological polar surface area (TPSA) is 38.3 Å². The van der Waals surface area contributed by atoms with Gasteiger partial charge in [0.05, 0.1) is 5.88 Å². The van der Waals surface area contributed by atoms with Crippen LogP contribution in [0.2, 0.25) is 0 Å². The van der Waals surface area contributed by atoms with Crippen LogP contribution in [0.4, 0.5) is 13.2 Å². The van der Waals surface area contributed by atoms with Crippen molar-refractivity contribution in [1.82, 2.24) is 5.32 Å². The van der Waals surface area contributed by atoms with E-state index < -0.39 is 11.6 Å². The number of ether oxygens (including phenoxy) is 1. The van der Waals surface area contributed by atoms with Gasteiger partial charge in [0.2, 0.25) is 0 Å². The van der Waals surface area contributed by atoms with Gasteiger partial charge in [0, 0.05) is 30.2 Å². The van der Waals surface area contributed by atoms with Gasteiger partial charge in [0.25, 0.3) is 0 Å². The second-order valence-corrected chi connectivity index (χ2v) is 6.11. The number of alkyl halides is 1. The number of rotatable bonds is 10. The molecular weight excluding hydrogens is 391 g/mol. The van der Waals surface area contributed by atoms with Crippen molar-refractivity contribution >= 4 is 17.9 Å². The molecule has 0 heterocycles. The molecule has 2 aromatic carbocycles. The fraction of sp³-hybridized carbons (Fsp3) is 0.190. The Morgan fingerprint density at radius 2 is 1.89 bits per heavy atom. The van der Waals surface area contributed by atoms with E-state index in [1.807, 2.05) is 0 Å². The molecule has 28 heavy (non-hydrogen) atoms. The van der Waals surface area contributed by atoms with Gasteiger partial charge in [0.15, 0.2) is 6.29 Å². The summed E-state index contributed by atoms with van der Waals surface area (Å²) in [4.78, 5) is 11.2. The van der Waals surface area contributed by atoms with Crippen molar-refractivity contribution < 1.29 is 22.7 Å². The Morgan fingerprint density at radius 1 is 1.11 bits per heavy atom. The minimum absolute atomic E-state index is 0.0602. The lowest BCUT2D eigenvalue weighted by Crippen LogP contribution is -2.05. The summed E-state index contributed by atoms with van der Waals surface area (Å²) in [7, 11) is 0. The van der Waals surface area contributed by atoms with Crippen LogP contribution in [0.5, 0.6) is 0 Å². The first-order valence-electron chi connectivity index (χ1n) is 8.46. The van der Waals surface area contributed by atoms with Gasteiger partial charge in [-0.1, -0.05) is 18.2 Å². The molecule has 2 aromatic rings. The molecule has 3 nitrogen and oxygen atoms in total.